The average molecular weight is 317 g/mol. The van der Waals surface area contributed by atoms with E-state index in [1.807, 2.05) is 25.4 Å². The third-order valence-electron chi connectivity index (χ3n) is 3.45. The number of halogens is 1. The van der Waals surface area contributed by atoms with Crippen molar-refractivity contribution >= 4 is 33.9 Å². The number of aromatic nitrogens is 2. The maximum Gasteiger partial charge on any atom is 0.214 e. The highest BCUT2D eigenvalue weighted by Crippen LogP contribution is 2.28. The predicted octanol–water partition coefficient (Wildman–Crippen LogP) is 3.69. The first-order valence-corrected chi connectivity index (χ1v) is 7.31. The van der Waals surface area contributed by atoms with Gasteiger partial charge in [0, 0.05) is 35.4 Å². The molecule has 22 heavy (non-hydrogen) atoms. The minimum Gasteiger partial charge on any atom is -0.481 e. The molecule has 3 aromatic rings. The highest BCUT2D eigenvalue weighted by Gasteiger charge is 2.07. The van der Waals surface area contributed by atoms with Crippen LogP contribution in [0.1, 0.15) is 5.56 Å². The van der Waals surface area contributed by atoms with Crippen molar-refractivity contribution in [2.45, 2.75) is 6.54 Å². The maximum absolute atomic E-state index is 6.15. The molecule has 1 aromatic carbocycles. The van der Waals surface area contributed by atoms with Gasteiger partial charge in [0.25, 0.3) is 0 Å². The Morgan fingerprint density at radius 2 is 2.14 bits per heavy atom. The second kappa shape index (κ2) is 6.25. The summed E-state index contributed by atoms with van der Waals surface area (Å²) >= 11 is 6.15. The molecule has 3 rings (SSSR count). The van der Waals surface area contributed by atoms with Crippen LogP contribution in [0.5, 0.6) is 5.88 Å². The van der Waals surface area contributed by atoms with Crippen LogP contribution >= 0.6 is 11.6 Å². The first kappa shape index (κ1) is 14.7. The van der Waals surface area contributed by atoms with E-state index < -0.39 is 0 Å². The predicted molar refractivity (Wildman–Crippen MR) is 90.1 cm³/mol. The molecule has 2 heterocycles. The van der Waals surface area contributed by atoms with Crippen LogP contribution in [-0.2, 0) is 6.54 Å². The number of anilines is 2. The molecule has 0 bridgehead atoms. The molecule has 3 N–H and O–H groups in total. The molecular weight excluding hydrogens is 300 g/mol. The standard InChI is InChI=1S/C16H17ClN4O/c1-18-8-10-9-19-14-7-11(3-4-12(10)14)20-13-5-6-15(22-2)21-16(13)17/h3-7,9,18-20H,8H2,1-2H3. The second-order valence-corrected chi connectivity index (χ2v) is 5.28. The topological polar surface area (TPSA) is 62.0 Å². The van der Waals surface area contributed by atoms with Crippen molar-refractivity contribution < 1.29 is 4.74 Å². The van der Waals surface area contributed by atoms with Crippen molar-refractivity contribution in [2.75, 3.05) is 19.5 Å². The summed E-state index contributed by atoms with van der Waals surface area (Å²) in [5.41, 5.74) is 4.00. The van der Waals surface area contributed by atoms with Crippen LogP contribution in [0.4, 0.5) is 11.4 Å². The van der Waals surface area contributed by atoms with E-state index in [1.165, 1.54) is 10.9 Å². The molecule has 0 unspecified atom stereocenters. The molecule has 0 amide bonds. The van der Waals surface area contributed by atoms with Crippen molar-refractivity contribution in [1.29, 1.82) is 0 Å². The number of H-pyrrole nitrogens is 1. The van der Waals surface area contributed by atoms with Crippen LogP contribution in [0, 0.1) is 0 Å². The van der Waals surface area contributed by atoms with E-state index in [4.69, 9.17) is 16.3 Å². The number of methoxy groups -OCH3 is 1. The molecule has 0 aliphatic rings. The van der Waals surface area contributed by atoms with Gasteiger partial charge >= 0.3 is 0 Å². The molecule has 0 saturated carbocycles. The molecule has 0 saturated heterocycles. The molecule has 0 aliphatic carbocycles. The van der Waals surface area contributed by atoms with E-state index in [9.17, 15) is 0 Å². The fraction of sp³-hybridized carbons (Fsp3) is 0.188. The van der Waals surface area contributed by atoms with Crippen molar-refractivity contribution in [3.05, 3.63) is 47.2 Å². The second-order valence-electron chi connectivity index (χ2n) is 4.92. The Morgan fingerprint density at radius 3 is 2.86 bits per heavy atom. The number of rotatable bonds is 5. The van der Waals surface area contributed by atoms with Crippen molar-refractivity contribution in [3.63, 3.8) is 0 Å². The van der Waals surface area contributed by atoms with Crippen molar-refractivity contribution in [3.8, 4) is 5.88 Å². The fourth-order valence-corrected chi connectivity index (χ4v) is 2.57. The highest BCUT2D eigenvalue weighted by molar-refractivity contribution is 6.32. The van der Waals surface area contributed by atoms with Crippen LogP contribution in [0.25, 0.3) is 10.9 Å². The van der Waals surface area contributed by atoms with Crippen LogP contribution in [-0.4, -0.2) is 24.1 Å². The molecule has 2 aromatic heterocycles. The largest absolute Gasteiger partial charge is 0.481 e. The van der Waals surface area contributed by atoms with Gasteiger partial charge in [0.15, 0.2) is 5.15 Å². The Kier molecular flexibility index (Phi) is 4.18. The first-order valence-electron chi connectivity index (χ1n) is 6.93. The Hall–Kier alpha value is -2.24. The number of nitrogens with zero attached hydrogens (tertiary/aromatic N) is 1. The van der Waals surface area contributed by atoms with E-state index in [0.29, 0.717) is 11.0 Å². The molecule has 0 atom stereocenters. The quantitative estimate of drug-likeness (QED) is 0.628. The molecule has 0 fully saturated rings. The third kappa shape index (κ3) is 2.86. The molecule has 114 valence electrons. The summed E-state index contributed by atoms with van der Waals surface area (Å²) in [4.78, 5) is 7.43. The minimum absolute atomic E-state index is 0.377. The number of fused-ring (bicyclic) bond motifs is 1. The Labute approximate surface area is 133 Å². The highest BCUT2D eigenvalue weighted by atomic mass is 35.5. The van der Waals surface area contributed by atoms with Gasteiger partial charge in [-0.05, 0) is 30.8 Å². The summed E-state index contributed by atoms with van der Waals surface area (Å²) < 4.78 is 5.05. The summed E-state index contributed by atoms with van der Waals surface area (Å²) in [7, 11) is 3.50. The van der Waals surface area contributed by atoms with Crippen molar-refractivity contribution in [1.82, 2.24) is 15.3 Å². The van der Waals surface area contributed by atoms with Gasteiger partial charge in [0.05, 0.1) is 12.8 Å². The third-order valence-corrected chi connectivity index (χ3v) is 3.73. The lowest BCUT2D eigenvalue weighted by Gasteiger charge is -2.09. The van der Waals surface area contributed by atoms with Crippen LogP contribution in [0.15, 0.2) is 36.5 Å². The maximum atomic E-state index is 6.15. The fourth-order valence-electron chi connectivity index (χ4n) is 2.38. The summed E-state index contributed by atoms with van der Waals surface area (Å²) in [6, 6.07) is 9.78. The number of hydrogen-bond donors (Lipinski definition) is 3. The van der Waals surface area contributed by atoms with Crippen molar-refractivity contribution in [2.24, 2.45) is 0 Å². The van der Waals surface area contributed by atoms with Crippen LogP contribution in [0.2, 0.25) is 5.15 Å². The first-order chi connectivity index (χ1) is 10.7. The number of pyridine rings is 1. The van der Waals surface area contributed by atoms with Gasteiger partial charge in [-0.2, -0.15) is 4.98 Å². The summed E-state index contributed by atoms with van der Waals surface area (Å²) in [5.74, 6) is 0.493. The van der Waals surface area contributed by atoms with Gasteiger partial charge in [0.1, 0.15) is 0 Å². The Bertz CT molecular complexity index is 800. The van der Waals surface area contributed by atoms with E-state index in [0.717, 1.165) is 23.4 Å². The monoisotopic (exact) mass is 316 g/mol. The zero-order valence-corrected chi connectivity index (χ0v) is 13.2. The normalized spacial score (nSPS) is 10.9. The zero-order chi connectivity index (χ0) is 15.5. The number of hydrogen-bond acceptors (Lipinski definition) is 4. The van der Waals surface area contributed by atoms with Gasteiger partial charge < -0.3 is 20.4 Å². The molecule has 5 nitrogen and oxygen atoms in total. The number of ether oxygens (including phenoxy) is 1. The van der Waals surface area contributed by atoms with Crippen LogP contribution < -0.4 is 15.4 Å². The molecule has 0 spiro atoms. The minimum atomic E-state index is 0.377. The summed E-state index contributed by atoms with van der Waals surface area (Å²) in [6.45, 7) is 0.834. The van der Waals surface area contributed by atoms with E-state index in [2.05, 4.69) is 32.7 Å². The smallest absolute Gasteiger partial charge is 0.214 e. The van der Waals surface area contributed by atoms with E-state index >= 15 is 0 Å². The molecule has 0 aliphatic heterocycles. The number of benzene rings is 1. The van der Waals surface area contributed by atoms with Crippen LogP contribution in [0.3, 0.4) is 0 Å². The lowest BCUT2D eigenvalue weighted by molar-refractivity contribution is 0.398. The van der Waals surface area contributed by atoms with Gasteiger partial charge in [-0.3, -0.25) is 0 Å². The lowest BCUT2D eigenvalue weighted by atomic mass is 10.1. The SMILES string of the molecule is CNCc1c[nH]c2cc(Nc3ccc(OC)nc3Cl)ccc12. The van der Waals surface area contributed by atoms with Gasteiger partial charge in [-0.25, -0.2) is 0 Å². The zero-order valence-electron chi connectivity index (χ0n) is 12.4. The van der Waals surface area contributed by atoms with Gasteiger partial charge in [-0.1, -0.05) is 17.7 Å². The number of aromatic amines is 1. The van der Waals surface area contributed by atoms with Gasteiger partial charge in [-0.15, -0.1) is 0 Å². The number of nitrogens with one attached hydrogen (secondary N) is 3. The van der Waals surface area contributed by atoms with E-state index in [1.54, 1.807) is 13.2 Å². The molecular formula is C16H17ClN4O. The Morgan fingerprint density at radius 1 is 1.27 bits per heavy atom. The average Bonchev–Trinajstić information content (AvgIpc) is 2.92. The molecule has 0 radical (unpaired) electrons. The van der Waals surface area contributed by atoms with Gasteiger partial charge in [0.2, 0.25) is 5.88 Å². The lowest BCUT2D eigenvalue weighted by Crippen LogP contribution is -2.03. The van der Waals surface area contributed by atoms with E-state index in [-0.39, 0.29) is 0 Å². The summed E-state index contributed by atoms with van der Waals surface area (Å²) in [6.07, 6.45) is 2.02. The Balaban J connectivity index is 1.88. The molecule has 6 heteroatoms. The summed E-state index contributed by atoms with van der Waals surface area (Å²) in [5, 5.41) is 8.02.